The first-order chi connectivity index (χ1) is 27.8. The van der Waals surface area contributed by atoms with Gasteiger partial charge < -0.3 is 40.3 Å². The standard InChI is InChI=1S/C48H89NO8/c1-3-5-7-9-11-13-15-17-18-19-20-21-22-23-24-25-26-28-30-32-34-36-38-44(52)49-41(40-56-48-47(55)46(54)45(53)43(39-50)57-48)42(51)37-35-33-31-29-27-16-14-12-10-8-6-4-2/h22-23,27,29,35,37,41-43,45-48,50-51,53-55H,3-21,24-26,28,30-34,36,38-40H2,1-2H3,(H,49,52)/b23-22-,29-27+,37-35+. The van der Waals surface area contributed by atoms with Crippen molar-refractivity contribution in [3.05, 3.63) is 36.5 Å². The van der Waals surface area contributed by atoms with Crippen molar-refractivity contribution in [2.24, 2.45) is 0 Å². The molecule has 1 fully saturated rings. The lowest BCUT2D eigenvalue weighted by Crippen LogP contribution is -2.60. The molecule has 1 saturated heterocycles. The molecule has 0 aromatic rings. The van der Waals surface area contributed by atoms with Crippen molar-refractivity contribution in [3.8, 4) is 0 Å². The zero-order valence-corrected chi connectivity index (χ0v) is 36.6. The maximum absolute atomic E-state index is 12.9. The average molecular weight is 808 g/mol. The molecule has 1 aliphatic rings. The van der Waals surface area contributed by atoms with Crippen LogP contribution in [0, 0.1) is 0 Å². The van der Waals surface area contributed by atoms with E-state index in [1.165, 1.54) is 135 Å². The number of amides is 1. The van der Waals surface area contributed by atoms with Crippen molar-refractivity contribution in [2.45, 2.75) is 249 Å². The minimum atomic E-state index is -1.57. The van der Waals surface area contributed by atoms with Crippen LogP contribution in [0.5, 0.6) is 0 Å². The summed E-state index contributed by atoms with van der Waals surface area (Å²) in [6.07, 6.45) is 40.5. The van der Waals surface area contributed by atoms with Crippen LogP contribution in [0.15, 0.2) is 36.5 Å². The van der Waals surface area contributed by atoms with E-state index in [-0.39, 0.29) is 12.5 Å². The first-order valence-corrected chi connectivity index (χ1v) is 23.7. The SMILES string of the molecule is CCCCCCCC/C=C/CC/C=C/C(O)C(COC1OC(CO)C(O)C(O)C1O)NC(=O)CCCCCCCCC/C=C\CCCCCCCCCCCCC. The van der Waals surface area contributed by atoms with Gasteiger partial charge in [0.05, 0.1) is 25.4 Å². The zero-order valence-electron chi connectivity index (χ0n) is 36.6. The second kappa shape index (κ2) is 38.6. The van der Waals surface area contributed by atoms with Gasteiger partial charge in [-0.1, -0.05) is 179 Å². The van der Waals surface area contributed by atoms with E-state index < -0.39 is 49.5 Å². The summed E-state index contributed by atoms with van der Waals surface area (Å²) in [5, 5.41) is 54.1. The molecule has 7 unspecified atom stereocenters. The molecule has 0 bridgehead atoms. The van der Waals surface area contributed by atoms with Gasteiger partial charge in [-0.25, -0.2) is 0 Å². The van der Waals surface area contributed by atoms with Gasteiger partial charge >= 0.3 is 0 Å². The van der Waals surface area contributed by atoms with Gasteiger partial charge in [0.15, 0.2) is 6.29 Å². The van der Waals surface area contributed by atoms with Crippen molar-refractivity contribution in [1.29, 1.82) is 0 Å². The molecular formula is C48H89NO8. The predicted octanol–water partition coefficient (Wildman–Crippen LogP) is 10.1. The molecule has 1 heterocycles. The fraction of sp³-hybridized carbons (Fsp3) is 0.854. The third kappa shape index (κ3) is 29.3. The van der Waals surface area contributed by atoms with Gasteiger partial charge in [-0.05, 0) is 57.8 Å². The van der Waals surface area contributed by atoms with E-state index in [0.29, 0.717) is 6.42 Å². The van der Waals surface area contributed by atoms with E-state index >= 15 is 0 Å². The molecular weight excluding hydrogens is 719 g/mol. The Morgan fingerprint density at radius 3 is 1.47 bits per heavy atom. The number of unbranched alkanes of at least 4 members (excludes halogenated alkanes) is 25. The molecule has 334 valence electrons. The second-order valence-corrected chi connectivity index (χ2v) is 16.5. The minimum absolute atomic E-state index is 0.192. The number of nitrogens with one attached hydrogen (secondary N) is 1. The van der Waals surface area contributed by atoms with E-state index in [1.54, 1.807) is 6.08 Å². The van der Waals surface area contributed by atoms with Gasteiger partial charge in [0.1, 0.15) is 24.4 Å². The number of rotatable bonds is 39. The van der Waals surface area contributed by atoms with Gasteiger partial charge in [-0.15, -0.1) is 0 Å². The highest BCUT2D eigenvalue weighted by Gasteiger charge is 2.44. The third-order valence-electron chi connectivity index (χ3n) is 11.2. The van der Waals surface area contributed by atoms with E-state index in [0.717, 1.165) is 51.4 Å². The highest BCUT2D eigenvalue weighted by atomic mass is 16.7. The van der Waals surface area contributed by atoms with Gasteiger partial charge in [0.25, 0.3) is 0 Å². The number of allylic oxidation sites excluding steroid dienone is 5. The summed E-state index contributed by atoms with van der Waals surface area (Å²) in [5.41, 5.74) is 0. The van der Waals surface area contributed by atoms with Crippen LogP contribution in [0.2, 0.25) is 0 Å². The molecule has 0 radical (unpaired) electrons. The molecule has 6 N–H and O–H groups in total. The fourth-order valence-corrected chi connectivity index (χ4v) is 7.34. The third-order valence-corrected chi connectivity index (χ3v) is 11.2. The van der Waals surface area contributed by atoms with Crippen LogP contribution in [-0.2, 0) is 14.3 Å². The number of ether oxygens (including phenoxy) is 2. The summed E-state index contributed by atoms with van der Waals surface area (Å²) in [6.45, 7) is 3.74. The molecule has 0 spiro atoms. The van der Waals surface area contributed by atoms with Crippen molar-refractivity contribution in [1.82, 2.24) is 5.32 Å². The summed E-state index contributed by atoms with van der Waals surface area (Å²) in [6, 6.07) is -0.821. The van der Waals surface area contributed by atoms with Crippen LogP contribution < -0.4 is 5.32 Å². The molecule has 0 aliphatic carbocycles. The summed E-state index contributed by atoms with van der Waals surface area (Å²) in [5.74, 6) is -0.192. The molecule has 0 aromatic carbocycles. The van der Waals surface area contributed by atoms with Gasteiger partial charge in [-0.3, -0.25) is 4.79 Å². The van der Waals surface area contributed by atoms with Crippen LogP contribution in [-0.4, -0.2) is 87.5 Å². The van der Waals surface area contributed by atoms with Crippen molar-refractivity contribution in [3.63, 3.8) is 0 Å². The normalized spacial score (nSPS) is 21.3. The van der Waals surface area contributed by atoms with E-state index in [4.69, 9.17) is 9.47 Å². The summed E-state index contributed by atoms with van der Waals surface area (Å²) >= 11 is 0. The van der Waals surface area contributed by atoms with Gasteiger partial charge in [0.2, 0.25) is 5.91 Å². The smallest absolute Gasteiger partial charge is 0.220 e. The van der Waals surface area contributed by atoms with Crippen molar-refractivity contribution in [2.75, 3.05) is 13.2 Å². The number of hydrogen-bond acceptors (Lipinski definition) is 8. The van der Waals surface area contributed by atoms with Gasteiger partial charge in [0, 0.05) is 6.42 Å². The second-order valence-electron chi connectivity index (χ2n) is 16.5. The molecule has 1 amide bonds. The number of aliphatic hydroxyl groups is 5. The Morgan fingerprint density at radius 1 is 0.579 bits per heavy atom. The molecule has 1 aliphatic heterocycles. The average Bonchev–Trinajstić information content (AvgIpc) is 3.21. The fourth-order valence-electron chi connectivity index (χ4n) is 7.34. The van der Waals surface area contributed by atoms with Crippen LogP contribution in [0.3, 0.4) is 0 Å². The van der Waals surface area contributed by atoms with E-state index in [2.05, 4.69) is 43.5 Å². The lowest BCUT2D eigenvalue weighted by Gasteiger charge is -2.40. The molecule has 1 rings (SSSR count). The van der Waals surface area contributed by atoms with Crippen LogP contribution in [0.25, 0.3) is 0 Å². The molecule has 7 atom stereocenters. The number of aliphatic hydroxyl groups excluding tert-OH is 5. The molecule has 9 nitrogen and oxygen atoms in total. The molecule has 0 aromatic heterocycles. The first kappa shape index (κ1) is 53.4. The van der Waals surface area contributed by atoms with Crippen LogP contribution in [0.1, 0.15) is 206 Å². The molecule has 57 heavy (non-hydrogen) atoms. The largest absolute Gasteiger partial charge is 0.394 e. The number of hydrogen-bond donors (Lipinski definition) is 6. The Bertz CT molecular complexity index is 987. The first-order valence-electron chi connectivity index (χ1n) is 23.7. The Labute approximate surface area is 349 Å². The zero-order chi connectivity index (χ0) is 41.6. The Balaban J connectivity index is 2.30. The van der Waals surface area contributed by atoms with Crippen LogP contribution in [0.4, 0.5) is 0 Å². The lowest BCUT2D eigenvalue weighted by molar-refractivity contribution is -0.302. The number of carbonyl (C=O) groups excluding carboxylic acids is 1. The lowest BCUT2D eigenvalue weighted by atomic mass is 9.99. The summed E-state index contributed by atoms with van der Waals surface area (Å²) in [7, 11) is 0. The highest BCUT2D eigenvalue weighted by Crippen LogP contribution is 2.22. The maximum Gasteiger partial charge on any atom is 0.220 e. The number of carbonyl (C=O) groups is 1. The quantitative estimate of drug-likeness (QED) is 0.0266. The van der Waals surface area contributed by atoms with Crippen LogP contribution >= 0.6 is 0 Å². The summed E-state index contributed by atoms with van der Waals surface area (Å²) in [4.78, 5) is 12.9. The topological polar surface area (TPSA) is 149 Å². The molecule has 9 heteroatoms. The van der Waals surface area contributed by atoms with Crippen molar-refractivity contribution < 1.29 is 39.8 Å². The molecule has 0 saturated carbocycles. The monoisotopic (exact) mass is 808 g/mol. The van der Waals surface area contributed by atoms with E-state index in [9.17, 15) is 30.3 Å². The van der Waals surface area contributed by atoms with Crippen molar-refractivity contribution >= 4 is 5.91 Å². The maximum atomic E-state index is 12.9. The van der Waals surface area contributed by atoms with Gasteiger partial charge in [-0.2, -0.15) is 0 Å². The van der Waals surface area contributed by atoms with E-state index in [1.807, 2.05) is 6.08 Å². The minimum Gasteiger partial charge on any atom is -0.394 e. The Hall–Kier alpha value is -1.59. The predicted molar refractivity (Wildman–Crippen MR) is 235 cm³/mol. The Kier molecular flexibility index (Phi) is 36.2. The Morgan fingerprint density at radius 2 is 1.00 bits per heavy atom. The highest BCUT2D eigenvalue weighted by molar-refractivity contribution is 5.76. The summed E-state index contributed by atoms with van der Waals surface area (Å²) < 4.78 is 11.2.